The Morgan fingerprint density at radius 2 is 2.00 bits per heavy atom. The molecule has 2 heterocycles. The van der Waals surface area contributed by atoms with Crippen molar-refractivity contribution in [3.05, 3.63) is 54.5 Å². The molecular formula is C15H13N3O2S. The minimum atomic E-state index is -0.851. The number of carbonyl (C=O) groups is 1. The zero-order valence-corrected chi connectivity index (χ0v) is 12.0. The summed E-state index contributed by atoms with van der Waals surface area (Å²) in [7, 11) is 0. The van der Waals surface area contributed by atoms with Gasteiger partial charge in [0.2, 0.25) is 0 Å². The van der Waals surface area contributed by atoms with Crippen LogP contribution >= 0.6 is 11.8 Å². The third-order valence-electron chi connectivity index (χ3n) is 3.05. The predicted molar refractivity (Wildman–Crippen MR) is 81.4 cm³/mol. The Morgan fingerprint density at radius 3 is 2.76 bits per heavy atom. The van der Waals surface area contributed by atoms with Gasteiger partial charge in [0.1, 0.15) is 17.0 Å². The van der Waals surface area contributed by atoms with Gasteiger partial charge in [0.25, 0.3) is 0 Å². The molecule has 1 aromatic carbocycles. The van der Waals surface area contributed by atoms with Gasteiger partial charge in [-0.2, -0.15) is 0 Å². The summed E-state index contributed by atoms with van der Waals surface area (Å²) in [4.78, 5) is 19.2. The summed E-state index contributed by atoms with van der Waals surface area (Å²) in [6.07, 6.45) is 3.44. The standard InChI is InChI=1S/C15H13N3O2S/c19-13(20)9-21-15-12-6-7-18(14(12)16-10-17-15)8-11-4-2-1-3-5-11/h1-7,10H,8-9H2,(H,19,20). The van der Waals surface area contributed by atoms with E-state index in [9.17, 15) is 4.79 Å². The van der Waals surface area contributed by atoms with Crippen LogP contribution < -0.4 is 0 Å². The second kappa shape index (κ2) is 5.97. The molecule has 6 heteroatoms. The summed E-state index contributed by atoms with van der Waals surface area (Å²) in [5, 5.41) is 10.4. The van der Waals surface area contributed by atoms with E-state index in [1.165, 1.54) is 23.7 Å². The van der Waals surface area contributed by atoms with E-state index < -0.39 is 5.97 Å². The van der Waals surface area contributed by atoms with Crippen LogP contribution in [0.4, 0.5) is 0 Å². The van der Waals surface area contributed by atoms with Crippen molar-refractivity contribution in [2.75, 3.05) is 5.75 Å². The molecule has 2 aromatic heterocycles. The maximum atomic E-state index is 10.7. The van der Waals surface area contributed by atoms with Crippen LogP contribution in [-0.4, -0.2) is 31.4 Å². The maximum Gasteiger partial charge on any atom is 0.313 e. The first-order valence-corrected chi connectivity index (χ1v) is 7.41. The highest BCUT2D eigenvalue weighted by Crippen LogP contribution is 2.25. The van der Waals surface area contributed by atoms with Crippen molar-refractivity contribution < 1.29 is 9.90 Å². The average Bonchev–Trinajstić information content (AvgIpc) is 2.90. The lowest BCUT2D eigenvalue weighted by molar-refractivity contribution is -0.133. The molecule has 1 N–H and O–H groups in total. The van der Waals surface area contributed by atoms with Crippen molar-refractivity contribution in [1.29, 1.82) is 0 Å². The molecule has 0 saturated heterocycles. The van der Waals surface area contributed by atoms with Crippen LogP contribution in [0.3, 0.4) is 0 Å². The van der Waals surface area contributed by atoms with Gasteiger partial charge in [0, 0.05) is 12.7 Å². The Balaban J connectivity index is 1.91. The number of fused-ring (bicyclic) bond motifs is 1. The van der Waals surface area contributed by atoms with E-state index in [0.717, 1.165) is 17.6 Å². The van der Waals surface area contributed by atoms with Crippen molar-refractivity contribution in [3.8, 4) is 0 Å². The maximum absolute atomic E-state index is 10.7. The number of aliphatic carboxylic acids is 1. The summed E-state index contributed by atoms with van der Waals surface area (Å²) in [5.41, 5.74) is 2.01. The highest BCUT2D eigenvalue weighted by molar-refractivity contribution is 8.00. The number of hydrogen-bond acceptors (Lipinski definition) is 4. The zero-order chi connectivity index (χ0) is 14.7. The molecule has 0 aliphatic heterocycles. The lowest BCUT2D eigenvalue weighted by Crippen LogP contribution is -2.01. The summed E-state index contributed by atoms with van der Waals surface area (Å²) in [6, 6.07) is 12.1. The van der Waals surface area contributed by atoms with Crippen LogP contribution in [0.25, 0.3) is 11.0 Å². The zero-order valence-electron chi connectivity index (χ0n) is 11.1. The topological polar surface area (TPSA) is 68.0 Å². The van der Waals surface area contributed by atoms with E-state index in [2.05, 4.69) is 22.1 Å². The number of aromatic nitrogens is 3. The molecule has 0 saturated carbocycles. The first-order chi connectivity index (χ1) is 10.2. The van der Waals surface area contributed by atoms with Crippen molar-refractivity contribution in [2.45, 2.75) is 11.6 Å². The van der Waals surface area contributed by atoms with Gasteiger partial charge in [0.15, 0.2) is 0 Å². The number of carboxylic acid groups (broad SMARTS) is 1. The van der Waals surface area contributed by atoms with Gasteiger partial charge < -0.3 is 9.67 Å². The molecule has 0 aliphatic carbocycles. The Morgan fingerprint density at radius 1 is 1.19 bits per heavy atom. The minimum Gasteiger partial charge on any atom is -0.481 e. The van der Waals surface area contributed by atoms with Gasteiger partial charge in [0.05, 0.1) is 11.1 Å². The second-order valence-electron chi connectivity index (χ2n) is 4.53. The van der Waals surface area contributed by atoms with Crippen molar-refractivity contribution in [3.63, 3.8) is 0 Å². The van der Waals surface area contributed by atoms with Crippen LogP contribution in [0.1, 0.15) is 5.56 Å². The second-order valence-corrected chi connectivity index (χ2v) is 5.49. The molecule has 5 nitrogen and oxygen atoms in total. The van der Waals surface area contributed by atoms with E-state index >= 15 is 0 Å². The quantitative estimate of drug-likeness (QED) is 0.579. The Bertz CT molecular complexity index is 771. The van der Waals surface area contributed by atoms with E-state index in [4.69, 9.17) is 5.11 Å². The SMILES string of the molecule is O=C(O)CSc1ncnc2c1ccn2Cc1ccccc1. The molecule has 0 fully saturated rings. The number of rotatable bonds is 5. The molecule has 0 radical (unpaired) electrons. The summed E-state index contributed by atoms with van der Waals surface area (Å²) in [5.74, 6) is -0.855. The van der Waals surface area contributed by atoms with Crippen molar-refractivity contribution >= 4 is 28.8 Å². The van der Waals surface area contributed by atoms with Crippen molar-refractivity contribution in [1.82, 2.24) is 14.5 Å². The molecule has 0 aliphatic rings. The smallest absolute Gasteiger partial charge is 0.313 e. The van der Waals surface area contributed by atoms with Gasteiger partial charge in [-0.05, 0) is 11.6 Å². The highest BCUT2D eigenvalue weighted by atomic mass is 32.2. The molecule has 3 aromatic rings. The molecule has 0 spiro atoms. The molecule has 21 heavy (non-hydrogen) atoms. The van der Waals surface area contributed by atoms with E-state index in [-0.39, 0.29) is 5.75 Å². The Kier molecular flexibility index (Phi) is 3.87. The molecule has 0 atom stereocenters. The van der Waals surface area contributed by atoms with Crippen LogP contribution in [0.2, 0.25) is 0 Å². The van der Waals surface area contributed by atoms with E-state index in [1.807, 2.05) is 35.0 Å². The fraction of sp³-hybridized carbons (Fsp3) is 0.133. The van der Waals surface area contributed by atoms with Gasteiger partial charge in [-0.1, -0.05) is 42.1 Å². The third-order valence-corrected chi connectivity index (χ3v) is 4.04. The van der Waals surface area contributed by atoms with Gasteiger partial charge in [-0.25, -0.2) is 9.97 Å². The van der Waals surface area contributed by atoms with Crippen LogP contribution in [0.5, 0.6) is 0 Å². The van der Waals surface area contributed by atoms with Crippen molar-refractivity contribution in [2.24, 2.45) is 0 Å². The fourth-order valence-electron chi connectivity index (χ4n) is 2.13. The molecule has 106 valence electrons. The average molecular weight is 299 g/mol. The van der Waals surface area contributed by atoms with Crippen LogP contribution in [0, 0.1) is 0 Å². The first-order valence-electron chi connectivity index (χ1n) is 6.42. The Hall–Kier alpha value is -2.34. The lowest BCUT2D eigenvalue weighted by atomic mass is 10.2. The monoisotopic (exact) mass is 299 g/mol. The molecular weight excluding hydrogens is 286 g/mol. The Labute approximate surface area is 125 Å². The van der Waals surface area contributed by atoms with E-state index in [0.29, 0.717) is 5.03 Å². The molecule has 3 rings (SSSR count). The van der Waals surface area contributed by atoms with Crippen LogP contribution in [0.15, 0.2) is 53.9 Å². The minimum absolute atomic E-state index is 0.00399. The normalized spacial score (nSPS) is 10.9. The summed E-state index contributed by atoms with van der Waals surface area (Å²) in [6.45, 7) is 0.727. The third kappa shape index (κ3) is 3.05. The fourth-order valence-corrected chi connectivity index (χ4v) is 2.83. The number of hydrogen-bond donors (Lipinski definition) is 1. The number of benzene rings is 1. The molecule has 0 bridgehead atoms. The first kappa shape index (κ1) is 13.6. The van der Waals surface area contributed by atoms with Gasteiger partial charge in [-0.3, -0.25) is 4.79 Å². The van der Waals surface area contributed by atoms with E-state index in [1.54, 1.807) is 0 Å². The van der Waals surface area contributed by atoms with Gasteiger partial charge >= 0.3 is 5.97 Å². The predicted octanol–water partition coefficient (Wildman–Crippen LogP) is 2.66. The summed E-state index contributed by atoms with van der Waals surface area (Å²) >= 11 is 1.21. The molecule has 0 unspecified atom stereocenters. The number of thioether (sulfide) groups is 1. The van der Waals surface area contributed by atoms with Crippen LogP contribution in [-0.2, 0) is 11.3 Å². The number of nitrogens with zero attached hydrogens (tertiary/aromatic N) is 3. The lowest BCUT2D eigenvalue weighted by Gasteiger charge is -2.05. The number of carboxylic acids is 1. The van der Waals surface area contributed by atoms with Gasteiger partial charge in [-0.15, -0.1) is 0 Å². The molecule has 0 amide bonds. The summed E-state index contributed by atoms with van der Waals surface area (Å²) < 4.78 is 2.04. The highest BCUT2D eigenvalue weighted by Gasteiger charge is 2.10. The largest absolute Gasteiger partial charge is 0.481 e.